The normalized spacial score (nSPS) is 12.0. The first-order valence-corrected chi connectivity index (χ1v) is 11.4. The summed E-state index contributed by atoms with van der Waals surface area (Å²) in [4.78, 5) is 12.5. The van der Waals surface area contributed by atoms with Gasteiger partial charge in [-0.2, -0.15) is 0 Å². The van der Waals surface area contributed by atoms with Crippen molar-refractivity contribution in [3.63, 3.8) is 0 Å². The molecule has 32 heavy (non-hydrogen) atoms. The molecule has 0 bridgehead atoms. The summed E-state index contributed by atoms with van der Waals surface area (Å²) < 4.78 is -1.81. The zero-order valence-corrected chi connectivity index (χ0v) is 20.3. The summed E-state index contributed by atoms with van der Waals surface area (Å²) in [5.41, 5.74) is 4.93. The SMILES string of the molecule is Cc1ccc(CC(=O)NC(NC(=S)Nc2ccc(-c3ccccc3)cc2)C(Cl)(Cl)Cl)cc1. The number of benzene rings is 3. The van der Waals surface area contributed by atoms with Crippen LogP contribution < -0.4 is 16.0 Å². The van der Waals surface area contributed by atoms with E-state index in [-0.39, 0.29) is 17.4 Å². The molecular weight excluding hydrogens is 485 g/mol. The Balaban J connectivity index is 1.59. The lowest BCUT2D eigenvalue weighted by atomic mass is 10.1. The van der Waals surface area contributed by atoms with Crippen molar-refractivity contribution in [1.82, 2.24) is 10.6 Å². The second-order valence-electron chi connectivity index (χ2n) is 7.25. The van der Waals surface area contributed by atoms with Crippen LogP contribution in [0.1, 0.15) is 11.1 Å². The van der Waals surface area contributed by atoms with Gasteiger partial charge >= 0.3 is 0 Å². The van der Waals surface area contributed by atoms with E-state index in [1.165, 1.54) is 0 Å². The molecule has 0 heterocycles. The highest BCUT2D eigenvalue weighted by atomic mass is 35.6. The fraction of sp³-hybridized carbons (Fsp3) is 0.167. The number of hydrogen-bond acceptors (Lipinski definition) is 2. The van der Waals surface area contributed by atoms with E-state index in [1.807, 2.05) is 85.8 Å². The van der Waals surface area contributed by atoms with Crippen molar-refractivity contribution in [2.45, 2.75) is 23.3 Å². The second kappa shape index (κ2) is 11.0. The molecule has 0 aromatic heterocycles. The molecule has 3 aromatic carbocycles. The summed E-state index contributed by atoms with van der Waals surface area (Å²) in [6.07, 6.45) is -0.866. The molecule has 0 saturated heterocycles. The van der Waals surface area contributed by atoms with Gasteiger partial charge < -0.3 is 16.0 Å². The standard InChI is InChI=1S/C24H22Cl3N3OS/c1-16-7-9-17(10-8-16)15-21(31)29-22(24(25,26)27)30-23(32)28-20-13-11-19(12-14-20)18-5-3-2-4-6-18/h2-14,22H,15H2,1H3,(H,29,31)(H2,28,30,32). The molecule has 3 N–H and O–H groups in total. The van der Waals surface area contributed by atoms with Gasteiger partial charge in [-0.15, -0.1) is 0 Å². The van der Waals surface area contributed by atoms with Crippen LogP contribution in [-0.2, 0) is 11.2 Å². The van der Waals surface area contributed by atoms with Gasteiger partial charge in [-0.3, -0.25) is 4.79 Å². The fourth-order valence-corrected chi connectivity index (χ4v) is 3.54. The molecular formula is C24H22Cl3N3OS. The van der Waals surface area contributed by atoms with E-state index in [4.69, 9.17) is 47.0 Å². The minimum atomic E-state index is -1.81. The molecule has 3 aromatic rings. The molecule has 0 saturated carbocycles. The highest BCUT2D eigenvalue weighted by molar-refractivity contribution is 7.80. The van der Waals surface area contributed by atoms with Gasteiger partial charge in [-0.1, -0.05) is 107 Å². The van der Waals surface area contributed by atoms with Gasteiger partial charge in [-0.05, 0) is 48.0 Å². The smallest absolute Gasteiger partial charge is 0.228 e. The van der Waals surface area contributed by atoms with Crippen molar-refractivity contribution >= 4 is 63.7 Å². The van der Waals surface area contributed by atoms with Gasteiger partial charge in [0.25, 0.3) is 0 Å². The van der Waals surface area contributed by atoms with Crippen LogP contribution in [0.4, 0.5) is 5.69 Å². The number of nitrogens with one attached hydrogen (secondary N) is 3. The molecule has 4 nitrogen and oxygen atoms in total. The van der Waals surface area contributed by atoms with Gasteiger partial charge in [0.1, 0.15) is 6.17 Å². The Morgan fingerprint density at radius 2 is 1.47 bits per heavy atom. The highest BCUT2D eigenvalue weighted by Gasteiger charge is 2.34. The highest BCUT2D eigenvalue weighted by Crippen LogP contribution is 2.29. The number of carbonyl (C=O) groups is 1. The first kappa shape index (κ1) is 24.3. The average molecular weight is 507 g/mol. The third-order valence-corrected chi connectivity index (χ3v) is 5.52. The Morgan fingerprint density at radius 3 is 2.06 bits per heavy atom. The van der Waals surface area contributed by atoms with Crippen LogP contribution in [0.25, 0.3) is 11.1 Å². The van der Waals surface area contributed by atoms with Gasteiger partial charge in [0, 0.05) is 5.69 Å². The second-order valence-corrected chi connectivity index (χ2v) is 10.0. The van der Waals surface area contributed by atoms with Crippen LogP contribution in [0.5, 0.6) is 0 Å². The topological polar surface area (TPSA) is 53.2 Å². The Kier molecular flexibility index (Phi) is 8.38. The number of rotatable bonds is 6. The molecule has 0 radical (unpaired) electrons. The third-order valence-electron chi connectivity index (χ3n) is 4.64. The maximum Gasteiger partial charge on any atom is 0.228 e. The molecule has 0 fully saturated rings. The van der Waals surface area contributed by atoms with Crippen molar-refractivity contribution < 1.29 is 4.79 Å². The number of thiocarbonyl (C=S) groups is 1. The van der Waals surface area contributed by atoms with Crippen LogP contribution in [-0.4, -0.2) is 21.0 Å². The lowest BCUT2D eigenvalue weighted by Gasteiger charge is -2.28. The third kappa shape index (κ3) is 7.38. The molecule has 0 aliphatic heterocycles. The Morgan fingerprint density at radius 1 is 0.875 bits per heavy atom. The largest absolute Gasteiger partial charge is 0.339 e. The molecule has 1 amide bonds. The van der Waals surface area contributed by atoms with Crippen molar-refractivity contribution in [2.75, 3.05) is 5.32 Å². The Labute approximate surface area is 208 Å². The predicted octanol–water partition coefficient (Wildman–Crippen LogP) is 6.00. The summed E-state index contributed by atoms with van der Waals surface area (Å²) in [7, 11) is 0. The van der Waals surface area contributed by atoms with E-state index in [0.717, 1.165) is 27.9 Å². The summed E-state index contributed by atoms with van der Waals surface area (Å²) in [5.74, 6) is -0.298. The fourth-order valence-electron chi connectivity index (χ4n) is 2.98. The Hall–Kier alpha value is -2.31. The van der Waals surface area contributed by atoms with Crippen molar-refractivity contribution in [3.8, 4) is 11.1 Å². The van der Waals surface area contributed by atoms with Crippen molar-refractivity contribution in [1.29, 1.82) is 0 Å². The first-order valence-electron chi connectivity index (χ1n) is 9.85. The number of anilines is 1. The predicted molar refractivity (Wildman–Crippen MR) is 138 cm³/mol. The van der Waals surface area contributed by atoms with Crippen molar-refractivity contribution in [2.24, 2.45) is 0 Å². The van der Waals surface area contributed by atoms with Gasteiger partial charge in [0.05, 0.1) is 6.42 Å². The first-order chi connectivity index (χ1) is 15.2. The average Bonchev–Trinajstić information content (AvgIpc) is 2.75. The molecule has 0 aliphatic carbocycles. The lowest BCUT2D eigenvalue weighted by Crippen LogP contribution is -2.56. The van der Waals surface area contributed by atoms with Crippen LogP contribution in [0.3, 0.4) is 0 Å². The number of alkyl halides is 3. The van der Waals surface area contributed by atoms with Gasteiger partial charge in [0.15, 0.2) is 5.11 Å². The van der Waals surface area contributed by atoms with Gasteiger partial charge in [0.2, 0.25) is 9.70 Å². The lowest BCUT2D eigenvalue weighted by molar-refractivity contribution is -0.121. The summed E-state index contributed by atoms with van der Waals surface area (Å²) in [5, 5.41) is 8.82. The van der Waals surface area contributed by atoms with Crippen LogP contribution >= 0.6 is 47.0 Å². The molecule has 1 unspecified atom stereocenters. The number of halogens is 3. The molecule has 166 valence electrons. The summed E-state index contributed by atoms with van der Waals surface area (Å²) in [6, 6.07) is 25.5. The maximum atomic E-state index is 12.5. The van der Waals surface area contributed by atoms with E-state index >= 15 is 0 Å². The van der Waals surface area contributed by atoms with E-state index in [0.29, 0.717) is 0 Å². The van der Waals surface area contributed by atoms with Crippen LogP contribution in [0, 0.1) is 6.92 Å². The van der Waals surface area contributed by atoms with E-state index in [9.17, 15) is 4.79 Å². The number of carbonyl (C=O) groups excluding carboxylic acids is 1. The zero-order chi connectivity index (χ0) is 23.1. The minimum absolute atomic E-state index is 0.153. The molecule has 3 rings (SSSR count). The zero-order valence-electron chi connectivity index (χ0n) is 17.2. The number of amides is 1. The quantitative estimate of drug-likeness (QED) is 0.218. The van der Waals surface area contributed by atoms with E-state index < -0.39 is 9.96 Å². The summed E-state index contributed by atoms with van der Waals surface area (Å²) >= 11 is 23.6. The number of hydrogen-bond donors (Lipinski definition) is 3. The van der Waals surface area contributed by atoms with Crippen LogP contribution in [0.15, 0.2) is 78.9 Å². The summed E-state index contributed by atoms with van der Waals surface area (Å²) in [6.45, 7) is 1.98. The Bertz CT molecular complexity index is 1050. The van der Waals surface area contributed by atoms with Crippen LogP contribution in [0.2, 0.25) is 0 Å². The van der Waals surface area contributed by atoms with Crippen molar-refractivity contribution in [3.05, 3.63) is 90.0 Å². The minimum Gasteiger partial charge on any atom is -0.339 e. The molecule has 0 aliphatic rings. The van der Waals surface area contributed by atoms with E-state index in [2.05, 4.69) is 16.0 Å². The maximum absolute atomic E-state index is 12.5. The van der Waals surface area contributed by atoms with Gasteiger partial charge in [-0.25, -0.2) is 0 Å². The number of aryl methyl sites for hydroxylation is 1. The molecule has 1 atom stereocenters. The monoisotopic (exact) mass is 505 g/mol. The molecule has 0 spiro atoms. The molecule has 8 heteroatoms. The van der Waals surface area contributed by atoms with E-state index in [1.54, 1.807) is 0 Å².